The molecule has 0 unspecified atom stereocenters. The first-order chi connectivity index (χ1) is 13.1. The minimum atomic E-state index is -0.588. The Labute approximate surface area is 157 Å². The van der Waals surface area contributed by atoms with Gasteiger partial charge < -0.3 is 14.5 Å². The molecule has 3 heterocycles. The Hall–Kier alpha value is -2.79. The molecule has 0 aliphatic carbocycles. The molecule has 0 radical (unpaired) electrons. The zero-order chi connectivity index (χ0) is 18.4. The number of ether oxygens (including phenoxy) is 1. The average molecular weight is 362 g/mol. The van der Waals surface area contributed by atoms with Crippen molar-refractivity contribution in [3.8, 4) is 5.75 Å². The molecule has 3 aromatic rings. The molecule has 5 nitrogen and oxygen atoms in total. The van der Waals surface area contributed by atoms with Crippen molar-refractivity contribution < 1.29 is 13.9 Å². The Bertz CT molecular complexity index is 1020. The maximum atomic E-state index is 12.5. The van der Waals surface area contributed by atoms with Crippen LogP contribution < -0.4 is 10.1 Å². The van der Waals surface area contributed by atoms with Gasteiger partial charge in [-0.2, -0.15) is 0 Å². The summed E-state index contributed by atoms with van der Waals surface area (Å²) in [7, 11) is 0. The second-order valence-electron chi connectivity index (χ2n) is 7.46. The molecule has 5 rings (SSSR count). The lowest BCUT2D eigenvalue weighted by atomic mass is 9.96. The fraction of sp³-hybridized carbons (Fsp3) is 0.318. The van der Waals surface area contributed by atoms with Crippen LogP contribution in [0.3, 0.4) is 0 Å². The average Bonchev–Trinajstić information content (AvgIpc) is 2.99. The van der Waals surface area contributed by atoms with Crippen molar-refractivity contribution in [2.24, 2.45) is 0 Å². The third kappa shape index (κ3) is 2.79. The summed E-state index contributed by atoms with van der Waals surface area (Å²) in [6, 6.07) is 15.6. The van der Waals surface area contributed by atoms with Gasteiger partial charge in [-0.15, -0.1) is 0 Å². The van der Waals surface area contributed by atoms with E-state index in [0.29, 0.717) is 11.3 Å². The van der Waals surface area contributed by atoms with Crippen LogP contribution in [-0.2, 0) is 6.54 Å². The predicted octanol–water partition coefficient (Wildman–Crippen LogP) is 3.86. The fourth-order valence-corrected chi connectivity index (χ4v) is 4.19. The Kier molecular flexibility index (Phi) is 3.72. The SMILES string of the molecule is Cc1oc2ccccc2c1CN1CCC2(CC1)NC(=O)c1ccccc1O2. The third-order valence-corrected chi connectivity index (χ3v) is 5.72. The molecular weight excluding hydrogens is 340 g/mol. The molecule has 0 atom stereocenters. The standard InChI is InChI=1S/C22H22N2O3/c1-15-18(16-6-2-4-8-19(16)26-15)14-24-12-10-22(11-13-24)23-21(25)17-7-3-5-9-20(17)27-22/h2-9H,10-14H2,1H3,(H,23,25). The number of amides is 1. The largest absolute Gasteiger partial charge is 0.467 e. The van der Waals surface area contributed by atoms with E-state index in [4.69, 9.17) is 9.15 Å². The van der Waals surface area contributed by atoms with Gasteiger partial charge >= 0.3 is 0 Å². The number of carbonyl (C=O) groups is 1. The third-order valence-electron chi connectivity index (χ3n) is 5.72. The molecule has 1 amide bonds. The number of likely N-dealkylation sites (tertiary alicyclic amines) is 1. The van der Waals surface area contributed by atoms with Gasteiger partial charge in [0.1, 0.15) is 17.1 Å². The Morgan fingerprint density at radius 3 is 2.67 bits per heavy atom. The van der Waals surface area contributed by atoms with Gasteiger partial charge in [0.05, 0.1) is 5.56 Å². The van der Waals surface area contributed by atoms with Gasteiger partial charge in [0.2, 0.25) is 0 Å². The first-order valence-electron chi connectivity index (χ1n) is 9.43. The van der Waals surface area contributed by atoms with Crippen molar-refractivity contribution in [1.82, 2.24) is 10.2 Å². The van der Waals surface area contributed by atoms with Crippen molar-refractivity contribution in [2.45, 2.75) is 32.0 Å². The number of rotatable bonds is 2. The molecule has 1 aromatic heterocycles. The highest BCUT2D eigenvalue weighted by molar-refractivity contribution is 5.98. The first-order valence-corrected chi connectivity index (χ1v) is 9.43. The number of piperidine rings is 1. The van der Waals surface area contributed by atoms with Crippen LogP contribution in [0, 0.1) is 6.92 Å². The maximum Gasteiger partial charge on any atom is 0.258 e. The Morgan fingerprint density at radius 2 is 1.81 bits per heavy atom. The smallest absolute Gasteiger partial charge is 0.258 e. The van der Waals surface area contributed by atoms with Crippen LogP contribution in [0.5, 0.6) is 5.75 Å². The highest BCUT2D eigenvalue weighted by Crippen LogP contribution is 2.34. The van der Waals surface area contributed by atoms with Crippen molar-refractivity contribution in [3.63, 3.8) is 0 Å². The van der Waals surface area contributed by atoms with Crippen molar-refractivity contribution >= 4 is 16.9 Å². The molecule has 1 spiro atoms. The van der Waals surface area contributed by atoms with E-state index in [1.54, 1.807) is 6.07 Å². The lowest BCUT2D eigenvalue weighted by Gasteiger charge is -2.44. The van der Waals surface area contributed by atoms with Crippen LogP contribution in [-0.4, -0.2) is 29.6 Å². The summed E-state index contributed by atoms with van der Waals surface area (Å²) in [5, 5.41) is 4.29. The molecule has 1 N–H and O–H groups in total. The van der Waals surface area contributed by atoms with Gasteiger partial charge in [-0.1, -0.05) is 30.3 Å². The summed E-state index contributed by atoms with van der Waals surface area (Å²) in [6.07, 6.45) is 1.53. The van der Waals surface area contributed by atoms with E-state index in [1.165, 1.54) is 10.9 Å². The van der Waals surface area contributed by atoms with Crippen LogP contribution in [0.15, 0.2) is 52.9 Å². The predicted molar refractivity (Wildman–Crippen MR) is 103 cm³/mol. The quantitative estimate of drug-likeness (QED) is 0.752. The zero-order valence-corrected chi connectivity index (χ0v) is 15.3. The van der Waals surface area contributed by atoms with Gasteiger partial charge in [-0.05, 0) is 25.1 Å². The number of hydrogen-bond donors (Lipinski definition) is 1. The van der Waals surface area contributed by atoms with Crippen LogP contribution >= 0.6 is 0 Å². The monoisotopic (exact) mass is 362 g/mol. The summed E-state index contributed by atoms with van der Waals surface area (Å²) in [5.74, 6) is 1.63. The van der Waals surface area contributed by atoms with E-state index in [9.17, 15) is 4.79 Å². The highest BCUT2D eigenvalue weighted by Gasteiger charge is 2.42. The molecule has 2 aromatic carbocycles. The molecule has 27 heavy (non-hydrogen) atoms. The van der Waals surface area contributed by atoms with Crippen molar-refractivity contribution in [2.75, 3.05) is 13.1 Å². The van der Waals surface area contributed by atoms with Gasteiger partial charge in [-0.3, -0.25) is 9.69 Å². The maximum absolute atomic E-state index is 12.5. The number of benzene rings is 2. The summed E-state index contributed by atoms with van der Waals surface area (Å²) < 4.78 is 12.1. The van der Waals surface area contributed by atoms with Crippen molar-refractivity contribution in [3.05, 3.63) is 65.4 Å². The van der Waals surface area contributed by atoms with Crippen LogP contribution in [0.2, 0.25) is 0 Å². The van der Waals surface area contributed by atoms with E-state index in [-0.39, 0.29) is 5.91 Å². The lowest BCUT2D eigenvalue weighted by Crippen LogP contribution is -2.60. The minimum Gasteiger partial charge on any atom is -0.467 e. The molecule has 2 aliphatic rings. The van der Waals surface area contributed by atoms with Crippen LogP contribution in [0.1, 0.15) is 34.5 Å². The number of carbonyl (C=O) groups excluding carboxylic acids is 1. The molecule has 0 bridgehead atoms. The van der Waals surface area contributed by atoms with Crippen LogP contribution in [0.25, 0.3) is 11.0 Å². The molecular formula is C22H22N2O3. The van der Waals surface area contributed by atoms with Gasteiger partial charge in [0, 0.05) is 43.4 Å². The van der Waals surface area contributed by atoms with E-state index >= 15 is 0 Å². The van der Waals surface area contributed by atoms with Crippen LogP contribution in [0.4, 0.5) is 0 Å². The summed E-state index contributed by atoms with van der Waals surface area (Å²) >= 11 is 0. The summed E-state index contributed by atoms with van der Waals surface area (Å²) in [4.78, 5) is 14.9. The van der Waals surface area contributed by atoms with E-state index < -0.39 is 5.72 Å². The molecule has 138 valence electrons. The number of nitrogens with zero attached hydrogens (tertiary/aromatic N) is 1. The molecule has 5 heteroatoms. The van der Waals surface area contributed by atoms with Gasteiger partial charge in [0.15, 0.2) is 5.72 Å². The number of para-hydroxylation sites is 2. The molecule has 0 saturated carbocycles. The number of aryl methyl sites for hydroxylation is 1. The second kappa shape index (κ2) is 6.13. The van der Waals surface area contributed by atoms with Crippen molar-refractivity contribution in [1.29, 1.82) is 0 Å². The zero-order valence-electron chi connectivity index (χ0n) is 15.3. The van der Waals surface area contributed by atoms with Gasteiger partial charge in [-0.25, -0.2) is 0 Å². The number of furan rings is 1. The highest BCUT2D eigenvalue weighted by atomic mass is 16.5. The number of fused-ring (bicyclic) bond motifs is 2. The lowest BCUT2D eigenvalue weighted by molar-refractivity contribution is -0.0304. The minimum absolute atomic E-state index is 0.0398. The topological polar surface area (TPSA) is 54.7 Å². The first kappa shape index (κ1) is 16.4. The van der Waals surface area contributed by atoms with E-state index in [2.05, 4.69) is 22.3 Å². The molecule has 2 aliphatic heterocycles. The summed E-state index contributed by atoms with van der Waals surface area (Å²) in [5.41, 5.74) is 2.22. The molecule has 1 fully saturated rings. The Morgan fingerprint density at radius 1 is 1.07 bits per heavy atom. The number of nitrogens with one attached hydrogen (secondary N) is 1. The number of hydrogen-bond acceptors (Lipinski definition) is 4. The van der Waals surface area contributed by atoms with E-state index in [0.717, 1.165) is 43.8 Å². The van der Waals surface area contributed by atoms with E-state index in [1.807, 2.05) is 37.3 Å². The second-order valence-corrected chi connectivity index (χ2v) is 7.46. The van der Waals surface area contributed by atoms with Gasteiger partial charge in [0.25, 0.3) is 5.91 Å². The fourth-order valence-electron chi connectivity index (χ4n) is 4.19. The normalized spacial score (nSPS) is 18.9. The summed E-state index contributed by atoms with van der Waals surface area (Å²) in [6.45, 7) is 4.61. The Balaban J connectivity index is 1.32. The molecule has 1 saturated heterocycles.